The third kappa shape index (κ3) is 2.48. The van der Waals surface area contributed by atoms with Gasteiger partial charge in [0.25, 0.3) is 0 Å². The van der Waals surface area contributed by atoms with Crippen LogP contribution in [0.2, 0.25) is 0 Å². The van der Waals surface area contributed by atoms with Crippen LogP contribution in [0.15, 0.2) is 120 Å². The van der Waals surface area contributed by atoms with Gasteiger partial charge in [0.05, 0.1) is 26.8 Å². The minimum absolute atomic E-state index is 0.0163. The molecule has 0 atom stereocenters. The monoisotopic (exact) mass is 628 g/mol. The lowest BCUT2D eigenvalue weighted by molar-refractivity contribution is 0.666. The Morgan fingerprint density at radius 1 is 0.646 bits per heavy atom. The topological polar surface area (TPSA) is 23.0 Å². The van der Waals surface area contributed by atoms with Gasteiger partial charge in [-0.3, -0.25) is 0 Å². The van der Waals surface area contributed by atoms with E-state index in [4.69, 9.17) is 4.42 Å². The molecule has 222 valence electrons. The summed E-state index contributed by atoms with van der Waals surface area (Å²) >= 11 is 1.92. The zero-order valence-corrected chi connectivity index (χ0v) is 27.1. The van der Waals surface area contributed by atoms with Gasteiger partial charge in [-0.25, -0.2) is 0 Å². The lowest BCUT2D eigenvalue weighted by atomic mass is 9.45. The smallest absolute Gasteiger partial charge is 0.333 e. The molecular weight excluding hydrogens is 603 g/mol. The van der Waals surface area contributed by atoms with E-state index in [0.29, 0.717) is 0 Å². The van der Waals surface area contributed by atoms with Crippen molar-refractivity contribution in [1.82, 2.24) is 9.05 Å². The van der Waals surface area contributed by atoms with E-state index in [-0.39, 0.29) is 12.3 Å². The molecule has 0 spiro atoms. The van der Waals surface area contributed by atoms with Gasteiger partial charge in [-0.2, -0.15) is 0 Å². The van der Waals surface area contributed by atoms with Crippen LogP contribution < -0.4 is 10.9 Å². The molecule has 10 aromatic rings. The van der Waals surface area contributed by atoms with Crippen molar-refractivity contribution < 1.29 is 4.42 Å². The molecule has 5 heteroatoms. The summed E-state index contributed by atoms with van der Waals surface area (Å²) in [5.74, 6) is 0. The van der Waals surface area contributed by atoms with Gasteiger partial charge in [0, 0.05) is 54.0 Å². The summed E-state index contributed by atoms with van der Waals surface area (Å²) in [6.07, 6.45) is 0. The van der Waals surface area contributed by atoms with E-state index in [1.165, 1.54) is 103 Å². The summed E-state index contributed by atoms with van der Waals surface area (Å²) in [4.78, 5) is 0. The van der Waals surface area contributed by atoms with Crippen molar-refractivity contribution >= 4 is 93.2 Å². The zero-order valence-electron chi connectivity index (χ0n) is 26.3. The summed E-state index contributed by atoms with van der Waals surface area (Å²) < 4.78 is 14.8. The Bertz CT molecular complexity index is 3170. The van der Waals surface area contributed by atoms with Crippen LogP contribution in [0.5, 0.6) is 0 Å². The Kier molecular flexibility index (Phi) is 3.99. The van der Waals surface area contributed by atoms with Crippen LogP contribution in [-0.4, -0.2) is 15.9 Å². The van der Waals surface area contributed by atoms with Crippen molar-refractivity contribution in [2.24, 2.45) is 0 Å². The van der Waals surface area contributed by atoms with Crippen molar-refractivity contribution in [2.45, 2.75) is 19.3 Å². The van der Waals surface area contributed by atoms with Crippen molar-refractivity contribution in [3.8, 4) is 28.1 Å². The minimum Gasteiger partial charge on any atom is -0.456 e. The third-order valence-electron chi connectivity index (χ3n) is 11.9. The second-order valence-corrected chi connectivity index (χ2v) is 15.4. The van der Waals surface area contributed by atoms with E-state index in [2.05, 4.69) is 138 Å². The number of thiophene rings is 1. The SMILES string of the molecule is CC1(C)c2ccccc2-c2c1c1cccc3c1n2B1c2c-3cc3oc4ccccc4c3c2-n2c3c1cccc3c1sc3ccccc3c12. The maximum Gasteiger partial charge on any atom is 0.333 e. The Morgan fingerprint density at radius 2 is 1.40 bits per heavy atom. The Hall–Kier alpha value is -5.52. The Balaban J connectivity index is 1.34. The number of rotatable bonds is 0. The second-order valence-electron chi connectivity index (χ2n) is 14.4. The fraction of sp³-hybridized carbons (Fsp3) is 0.0698. The number of para-hydroxylation sites is 3. The maximum absolute atomic E-state index is 6.77. The molecule has 0 saturated carbocycles. The number of fused-ring (bicyclic) bond motifs is 18. The molecule has 6 aromatic carbocycles. The lowest BCUT2D eigenvalue weighted by Crippen LogP contribution is -2.55. The predicted octanol–water partition coefficient (Wildman–Crippen LogP) is 10.1. The fourth-order valence-corrected chi connectivity index (χ4v) is 11.3. The summed E-state index contributed by atoms with van der Waals surface area (Å²) in [7, 11) is 0. The molecule has 13 rings (SSSR count). The fourth-order valence-electron chi connectivity index (χ4n) is 10.1. The molecule has 0 amide bonds. The molecule has 0 bridgehead atoms. The van der Waals surface area contributed by atoms with Gasteiger partial charge in [0.2, 0.25) is 0 Å². The minimum atomic E-state index is -0.111. The molecule has 3 aliphatic rings. The van der Waals surface area contributed by atoms with Crippen LogP contribution in [0.3, 0.4) is 0 Å². The molecule has 0 radical (unpaired) electrons. The predicted molar refractivity (Wildman–Crippen MR) is 202 cm³/mol. The number of hydrogen-bond donors (Lipinski definition) is 0. The van der Waals surface area contributed by atoms with Gasteiger partial charge >= 0.3 is 6.85 Å². The van der Waals surface area contributed by atoms with Gasteiger partial charge in [0.1, 0.15) is 11.2 Å². The molecule has 3 nitrogen and oxygen atoms in total. The van der Waals surface area contributed by atoms with Gasteiger partial charge in [-0.05, 0) is 45.8 Å². The summed E-state index contributed by atoms with van der Waals surface area (Å²) in [5.41, 5.74) is 17.9. The second kappa shape index (κ2) is 7.78. The van der Waals surface area contributed by atoms with Crippen LogP contribution in [0.4, 0.5) is 0 Å². The molecule has 0 N–H and O–H groups in total. The first-order valence-electron chi connectivity index (χ1n) is 16.8. The first kappa shape index (κ1) is 24.6. The number of nitrogens with zero attached hydrogens (tertiary/aromatic N) is 2. The normalized spacial score (nSPS) is 15.0. The average Bonchev–Trinajstić information content (AvgIpc) is 3.89. The maximum atomic E-state index is 6.77. The lowest BCUT2D eigenvalue weighted by Gasteiger charge is -2.35. The first-order valence-corrected chi connectivity index (χ1v) is 17.6. The third-order valence-corrected chi connectivity index (χ3v) is 13.0. The zero-order chi connectivity index (χ0) is 31.2. The molecular formula is C43H25BN2OS. The average molecular weight is 629 g/mol. The van der Waals surface area contributed by atoms with Crippen molar-refractivity contribution in [3.05, 3.63) is 126 Å². The quantitative estimate of drug-likeness (QED) is 0.153. The molecule has 0 unspecified atom stereocenters. The molecule has 6 heterocycles. The van der Waals surface area contributed by atoms with E-state index < -0.39 is 0 Å². The van der Waals surface area contributed by atoms with E-state index in [1.807, 2.05) is 11.3 Å². The van der Waals surface area contributed by atoms with E-state index in [9.17, 15) is 0 Å². The Morgan fingerprint density at radius 3 is 2.33 bits per heavy atom. The van der Waals surface area contributed by atoms with Gasteiger partial charge < -0.3 is 13.5 Å². The molecule has 0 saturated heterocycles. The summed E-state index contributed by atoms with van der Waals surface area (Å²) in [6, 6.07) is 43.0. The van der Waals surface area contributed by atoms with Crippen LogP contribution in [-0.2, 0) is 5.41 Å². The standard InChI is InChI=1S/C43H25BN2OS/c1-43(2)29-17-6-3-11-23(29)39-35(43)26-15-9-14-22-28-21-32-34(24-12-4-7-19-31(24)47-32)41-36(28)44(46(39)37(22)26)30-18-10-16-27-38(30)45(41)40-25-13-5-8-20-33(25)48-42(27)40/h3-21H,1-2H3. The highest BCUT2D eigenvalue weighted by molar-refractivity contribution is 7.26. The van der Waals surface area contributed by atoms with Gasteiger partial charge in [-0.15, -0.1) is 11.3 Å². The number of furan rings is 1. The van der Waals surface area contributed by atoms with E-state index in [1.54, 1.807) is 0 Å². The van der Waals surface area contributed by atoms with Crippen LogP contribution >= 0.6 is 11.3 Å². The van der Waals surface area contributed by atoms with Gasteiger partial charge in [-0.1, -0.05) is 111 Å². The number of hydrogen-bond acceptors (Lipinski definition) is 2. The van der Waals surface area contributed by atoms with Crippen molar-refractivity contribution in [3.63, 3.8) is 0 Å². The summed E-state index contributed by atoms with van der Waals surface area (Å²) in [6.45, 7) is 4.84. The molecule has 2 aliphatic heterocycles. The van der Waals surface area contributed by atoms with Crippen molar-refractivity contribution in [1.29, 1.82) is 0 Å². The largest absolute Gasteiger partial charge is 0.456 e. The summed E-state index contributed by atoms with van der Waals surface area (Å²) in [5, 5.41) is 6.39. The first-order chi connectivity index (χ1) is 23.6. The molecule has 4 aromatic heterocycles. The van der Waals surface area contributed by atoms with Crippen LogP contribution in [0.25, 0.3) is 92.1 Å². The molecule has 1 aliphatic carbocycles. The van der Waals surface area contributed by atoms with Crippen molar-refractivity contribution in [2.75, 3.05) is 0 Å². The van der Waals surface area contributed by atoms with E-state index >= 15 is 0 Å². The molecule has 0 fully saturated rings. The van der Waals surface area contributed by atoms with E-state index in [0.717, 1.165) is 11.2 Å². The number of aromatic nitrogens is 2. The van der Waals surface area contributed by atoms with Gasteiger partial charge in [0.15, 0.2) is 0 Å². The highest BCUT2D eigenvalue weighted by atomic mass is 32.1. The Labute approximate surface area is 279 Å². The highest BCUT2D eigenvalue weighted by Gasteiger charge is 2.48. The molecule has 48 heavy (non-hydrogen) atoms. The van der Waals surface area contributed by atoms with Crippen LogP contribution in [0, 0.1) is 0 Å². The highest BCUT2D eigenvalue weighted by Crippen LogP contribution is 2.56. The van der Waals surface area contributed by atoms with Crippen LogP contribution in [0.1, 0.15) is 25.0 Å². The number of benzene rings is 6.